The molecule has 0 unspecified atom stereocenters. The first-order chi connectivity index (χ1) is 13.0. The molecule has 0 saturated carbocycles. The number of nitrogens with zero attached hydrogens (tertiary/aromatic N) is 3. The Morgan fingerprint density at radius 2 is 1.81 bits per heavy atom. The van der Waals surface area contributed by atoms with Gasteiger partial charge in [-0.3, -0.25) is 10.1 Å². The molecule has 0 aliphatic rings. The molecule has 4 N–H and O–H groups in total. The molecule has 138 valence electrons. The number of nitrogens with two attached hydrogens (primary N) is 1. The van der Waals surface area contributed by atoms with E-state index in [0.717, 1.165) is 0 Å². The van der Waals surface area contributed by atoms with Crippen LogP contribution in [0.5, 0.6) is 5.75 Å². The first-order valence-corrected chi connectivity index (χ1v) is 7.72. The number of rotatable bonds is 6. The maximum atomic E-state index is 13.9. The number of hydrogen-bond acceptors (Lipinski definition) is 8. The Bertz CT molecular complexity index is 981. The summed E-state index contributed by atoms with van der Waals surface area (Å²) in [6, 6.07) is 12.6. The molecule has 0 radical (unpaired) electrons. The number of anilines is 5. The van der Waals surface area contributed by atoms with E-state index in [9.17, 15) is 14.5 Å². The van der Waals surface area contributed by atoms with Crippen molar-refractivity contribution in [1.82, 2.24) is 9.97 Å². The summed E-state index contributed by atoms with van der Waals surface area (Å²) in [6.45, 7) is 0. The van der Waals surface area contributed by atoms with Crippen molar-refractivity contribution in [2.24, 2.45) is 0 Å². The number of aromatic nitrogens is 2. The van der Waals surface area contributed by atoms with Gasteiger partial charge in [-0.2, -0.15) is 9.97 Å². The molecule has 0 amide bonds. The van der Waals surface area contributed by atoms with E-state index >= 15 is 0 Å². The van der Waals surface area contributed by atoms with Crippen molar-refractivity contribution < 1.29 is 14.1 Å². The van der Waals surface area contributed by atoms with E-state index in [1.54, 1.807) is 37.4 Å². The second-order valence-electron chi connectivity index (χ2n) is 5.35. The predicted octanol–water partition coefficient (Wildman–Crippen LogP) is 3.60. The molecule has 0 aliphatic carbocycles. The molecule has 10 heteroatoms. The molecule has 0 saturated heterocycles. The van der Waals surface area contributed by atoms with Gasteiger partial charge < -0.3 is 21.1 Å². The minimum Gasteiger partial charge on any atom is -0.497 e. The zero-order valence-corrected chi connectivity index (χ0v) is 14.1. The lowest BCUT2D eigenvalue weighted by atomic mass is 10.3. The highest BCUT2D eigenvalue weighted by Gasteiger charge is 2.24. The summed E-state index contributed by atoms with van der Waals surface area (Å²) in [5.74, 6) is -0.499. The molecular weight excluding hydrogens is 355 g/mol. The molecule has 0 spiro atoms. The number of ether oxygens (including phenoxy) is 1. The molecule has 9 nitrogen and oxygen atoms in total. The van der Waals surface area contributed by atoms with Crippen molar-refractivity contribution >= 4 is 34.6 Å². The highest BCUT2D eigenvalue weighted by Crippen LogP contribution is 2.32. The van der Waals surface area contributed by atoms with Crippen molar-refractivity contribution in [3.05, 3.63) is 64.5 Å². The molecule has 1 aromatic heterocycles. The molecule has 3 aromatic rings. The first-order valence-electron chi connectivity index (χ1n) is 7.72. The van der Waals surface area contributed by atoms with Gasteiger partial charge in [0.25, 0.3) is 0 Å². The molecule has 0 bridgehead atoms. The normalized spacial score (nSPS) is 10.3. The number of nitro groups is 1. The van der Waals surface area contributed by atoms with E-state index in [1.807, 2.05) is 0 Å². The van der Waals surface area contributed by atoms with Crippen molar-refractivity contribution in [3.63, 3.8) is 0 Å². The number of nitrogens with one attached hydrogen (secondary N) is 2. The highest BCUT2D eigenvalue weighted by atomic mass is 19.1. The molecule has 0 atom stereocenters. The monoisotopic (exact) mass is 370 g/mol. The minimum absolute atomic E-state index is 0.0158. The van der Waals surface area contributed by atoms with Crippen LogP contribution in [0, 0.1) is 15.9 Å². The minimum atomic E-state index is -0.727. The number of methoxy groups -OCH3 is 1. The number of hydrogen-bond donors (Lipinski definition) is 3. The number of benzene rings is 2. The van der Waals surface area contributed by atoms with Gasteiger partial charge in [-0.1, -0.05) is 12.1 Å². The van der Waals surface area contributed by atoms with Crippen LogP contribution in [0.15, 0.2) is 48.5 Å². The molecule has 0 fully saturated rings. The third-order valence-corrected chi connectivity index (χ3v) is 3.57. The third-order valence-electron chi connectivity index (χ3n) is 3.57. The lowest BCUT2D eigenvalue weighted by Crippen LogP contribution is -2.09. The summed E-state index contributed by atoms with van der Waals surface area (Å²) in [5.41, 5.74) is 5.82. The fraction of sp³-hybridized carbons (Fsp3) is 0.0588. The summed E-state index contributed by atoms with van der Waals surface area (Å²) in [4.78, 5) is 18.6. The van der Waals surface area contributed by atoms with E-state index in [4.69, 9.17) is 10.5 Å². The van der Waals surface area contributed by atoms with Crippen LogP contribution in [0.1, 0.15) is 0 Å². The van der Waals surface area contributed by atoms with Crippen molar-refractivity contribution in [2.75, 3.05) is 23.5 Å². The van der Waals surface area contributed by atoms with Gasteiger partial charge >= 0.3 is 5.69 Å². The van der Waals surface area contributed by atoms with Crippen LogP contribution in [0.3, 0.4) is 0 Å². The van der Waals surface area contributed by atoms with Crippen molar-refractivity contribution in [2.45, 2.75) is 0 Å². The SMILES string of the molecule is COc1ccc(Nc2nc(N)c([N+](=O)[O-])c(Nc3ccccc3F)n2)cc1. The molecule has 3 rings (SSSR count). The highest BCUT2D eigenvalue weighted by molar-refractivity contribution is 5.75. The smallest absolute Gasteiger partial charge is 0.353 e. The fourth-order valence-corrected chi connectivity index (χ4v) is 2.29. The average Bonchev–Trinajstić information content (AvgIpc) is 2.63. The first kappa shape index (κ1) is 17.9. The van der Waals surface area contributed by atoms with Crippen molar-refractivity contribution in [1.29, 1.82) is 0 Å². The van der Waals surface area contributed by atoms with Gasteiger partial charge in [0.1, 0.15) is 11.6 Å². The zero-order valence-electron chi connectivity index (χ0n) is 14.1. The van der Waals surface area contributed by atoms with E-state index in [0.29, 0.717) is 11.4 Å². The standard InChI is InChI=1S/C17H15FN6O3/c1-27-11-8-6-10(7-9-11)20-17-22-15(19)14(24(25)26)16(23-17)21-13-5-3-2-4-12(13)18/h2-9H,1H3,(H4,19,20,21,22,23). The van der Waals surface area contributed by atoms with Crippen LogP contribution in [-0.2, 0) is 0 Å². The van der Waals surface area contributed by atoms with Gasteiger partial charge in [-0.15, -0.1) is 0 Å². The summed E-state index contributed by atoms with van der Waals surface area (Å²) >= 11 is 0. The quantitative estimate of drug-likeness (QED) is 0.443. The van der Waals surface area contributed by atoms with Gasteiger partial charge in [0.05, 0.1) is 17.7 Å². The Labute approximate surface area is 153 Å². The molecule has 1 heterocycles. The number of halogens is 1. The largest absolute Gasteiger partial charge is 0.497 e. The Morgan fingerprint density at radius 3 is 2.44 bits per heavy atom. The van der Waals surface area contributed by atoms with Gasteiger partial charge in [0, 0.05) is 5.69 Å². The second-order valence-corrected chi connectivity index (χ2v) is 5.35. The lowest BCUT2D eigenvalue weighted by Gasteiger charge is -2.11. The molecule has 0 aliphatic heterocycles. The summed E-state index contributed by atoms with van der Waals surface area (Å²) in [5, 5.41) is 16.8. The van der Waals surface area contributed by atoms with E-state index < -0.39 is 16.4 Å². The van der Waals surface area contributed by atoms with Crippen LogP contribution in [0.4, 0.5) is 39.0 Å². The van der Waals surface area contributed by atoms with Crippen LogP contribution in [0.25, 0.3) is 0 Å². The Balaban J connectivity index is 1.97. The van der Waals surface area contributed by atoms with Gasteiger partial charge in [0.2, 0.25) is 17.6 Å². The maximum Gasteiger partial charge on any atom is 0.353 e. The van der Waals surface area contributed by atoms with Gasteiger partial charge in [-0.25, -0.2) is 4.39 Å². The molecule has 2 aromatic carbocycles. The number of nitrogen functional groups attached to an aromatic ring is 1. The average molecular weight is 370 g/mol. The van der Waals surface area contributed by atoms with Crippen LogP contribution in [0.2, 0.25) is 0 Å². The van der Waals surface area contributed by atoms with E-state index in [1.165, 1.54) is 18.2 Å². The van der Waals surface area contributed by atoms with E-state index in [2.05, 4.69) is 20.6 Å². The Morgan fingerprint density at radius 1 is 1.11 bits per heavy atom. The van der Waals surface area contributed by atoms with E-state index in [-0.39, 0.29) is 23.3 Å². The Kier molecular flexibility index (Phi) is 4.97. The Hall–Kier alpha value is -3.95. The molecule has 27 heavy (non-hydrogen) atoms. The molecular formula is C17H15FN6O3. The predicted molar refractivity (Wildman–Crippen MR) is 99.1 cm³/mol. The second kappa shape index (κ2) is 7.52. The fourth-order valence-electron chi connectivity index (χ4n) is 2.29. The van der Waals surface area contributed by atoms with Crippen LogP contribution in [-0.4, -0.2) is 22.0 Å². The third kappa shape index (κ3) is 4.00. The summed E-state index contributed by atoms with van der Waals surface area (Å²) < 4.78 is 19.0. The maximum absolute atomic E-state index is 13.9. The number of para-hydroxylation sites is 1. The lowest BCUT2D eigenvalue weighted by molar-refractivity contribution is -0.383. The topological polar surface area (TPSA) is 128 Å². The van der Waals surface area contributed by atoms with Crippen LogP contribution >= 0.6 is 0 Å². The summed E-state index contributed by atoms with van der Waals surface area (Å²) in [6.07, 6.45) is 0. The van der Waals surface area contributed by atoms with Gasteiger partial charge in [-0.05, 0) is 36.4 Å². The van der Waals surface area contributed by atoms with Crippen molar-refractivity contribution in [3.8, 4) is 5.75 Å². The van der Waals surface area contributed by atoms with Crippen LogP contribution < -0.4 is 21.1 Å². The summed E-state index contributed by atoms with van der Waals surface area (Å²) in [7, 11) is 1.54. The zero-order chi connectivity index (χ0) is 19.4. The van der Waals surface area contributed by atoms with Gasteiger partial charge in [0.15, 0.2) is 0 Å².